The van der Waals surface area contributed by atoms with E-state index in [1.165, 1.54) is 0 Å². The molecule has 0 bridgehead atoms. The molecule has 0 aromatic rings. The van der Waals surface area contributed by atoms with Crippen LogP contribution in [0.5, 0.6) is 0 Å². The molecule has 0 fully saturated rings. The normalized spacial score (nSPS) is 14.4. The molecule has 1 amide bonds. The Bertz CT molecular complexity index is 455. The number of hydrogen-bond donors (Lipinski definition) is 3. The van der Waals surface area contributed by atoms with Crippen LogP contribution in [0.4, 0.5) is 0 Å². The van der Waals surface area contributed by atoms with Gasteiger partial charge >= 0.3 is 0 Å². The van der Waals surface area contributed by atoms with Crippen LogP contribution in [0, 0.1) is 22.3 Å². The number of nitrogens with zero attached hydrogens (tertiary/aromatic N) is 1. The predicted octanol–water partition coefficient (Wildman–Crippen LogP) is 2.68. The summed E-state index contributed by atoms with van der Waals surface area (Å²) in [6.07, 6.45) is 5.89. The Balaban J connectivity index is 4.06. The molecule has 6 heteroatoms. The summed E-state index contributed by atoms with van der Waals surface area (Å²) in [5.41, 5.74) is -0.394. The number of carbonyl (C=O) groups is 2. The van der Waals surface area contributed by atoms with Gasteiger partial charge in [0.1, 0.15) is 6.29 Å². The molecule has 0 saturated carbocycles. The molecule has 0 radical (unpaired) electrons. The number of carbonyl (C=O) groups excluding carboxylic acids is 2. The summed E-state index contributed by atoms with van der Waals surface area (Å²) in [7, 11) is 0. The third-order valence-electron chi connectivity index (χ3n) is 4.61. The molecule has 0 spiro atoms. The molecular weight excluding hydrogens is 320 g/mol. The summed E-state index contributed by atoms with van der Waals surface area (Å²) in [6.45, 7) is 7.88. The van der Waals surface area contributed by atoms with Crippen molar-refractivity contribution < 1.29 is 19.8 Å². The molecule has 6 nitrogen and oxygen atoms in total. The van der Waals surface area contributed by atoms with E-state index in [-0.39, 0.29) is 23.2 Å². The molecule has 0 rings (SSSR count). The van der Waals surface area contributed by atoms with Crippen LogP contribution in [-0.4, -0.2) is 34.6 Å². The number of aliphatic hydroxyl groups excluding tert-OH is 2. The van der Waals surface area contributed by atoms with Crippen LogP contribution in [0.25, 0.3) is 0 Å². The van der Waals surface area contributed by atoms with Crippen molar-refractivity contribution in [3.8, 4) is 6.19 Å². The van der Waals surface area contributed by atoms with Gasteiger partial charge in [0.15, 0.2) is 6.19 Å². The van der Waals surface area contributed by atoms with Gasteiger partial charge in [0.2, 0.25) is 5.91 Å². The molecule has 0 heterocycles. The number of aldehydes is 1. The van der Waals surface area contributed by atoms with Crippen LogP contribution in [0.1, 0.15) is 79.1 Å². The zero-order valence-corrected chi connectivity index (χ0v) is 16.0. The van der Waals surface area contributed by atoms with E-state index < -0.39 is 12.2 Å². The van der Waals surface area contributed by atoms with Gasteiger partial charge in [0.25, 0.3) is 0 Å². The number of nitriles is 1. The van der Waals surface area contributed by atoms with Gasteiger partial charge in [-0.3, -0.25) is 10.1 Å². The highest BCUT2D eigenvalue weighted by Gasteiger charge is 2.24. The molecule has 2 atom stereocenters. The van der Waals surface area contributed by atoms with Crippen molar-refractivity contribution in [1.29, 1.82) is 5.26 Å². The third kappa shape index (κ3) is 12.5. The number of amides is 1. The van der Waals surface area contributed by atoms with Crippen LogP contribution < -0.4 is 5.32 Å². The van der Waals surface area contributed by atoms with Gasteiger partial charge in [0, 0.05) is 12.8 Å². The quantitative estimate of drug-likeness (QED) is 0.267. The fourth-order valence-electron chi connectivity index (χ4n) is 2.75. The van der Waals surface area contributed by atoms with Gasteiger partial charge in [-0.2, -0.15) is 5.26 Å². The Morgan fingerprint density at radius 1 is 1.04 bits per heavy atom. The minimum absolute atomic E-state index is 0.102. The van der Waals surface area contributed by atoms with E-state index in [0.717, 1.165) is 12.7 Å². The van der Waals surface area contributed by atoms with Crippen molar-refractivity contribution in [1.82, 2.24) is 5.32 Å². The van der Waals surface area contributed by atoms with E-state index in [9.17, 15) is 19.8 Å². The lowest BCUT2D eigenvalue weighted by Gasteiger charge is -2.25. The second kappa shape index (κ2) is 11.2. The fourth-order valence-corrected chi connectivity index (χ4v) is 2.75. The maximum absolute atomic E-state index is 11.5. The molecule has 144 valence electrons. The number of rotatable bonds is 13. The maximum Gasteiger partial charge on any atom is 0.233 e. The molecule has 3 N–H and O–H groups in total. The van der Waals surface area contributed by atoms with Gasteiger partial charge in [-0.1, -0.05) is 27.7 Å². The van der Waals surface area contributed by atoms with Crippen LogP contribution in [0.15, 0.2) is 0 Å². The predicted molar refractivity (Wildman–Crippen MR) is 96.3 cm³/mol. The Hall–Kier alpha value is -1.45. The Kier molecular flexibility index (Phi) is 10.6. The van der Waals surface area contributed by atoms with Gasteiger partial charge in [-0.05, 0) is 49.4 Å². The lowest BCUT2D eigenvalue weighted by molar-refractivity contribution is -0.122. The van der Waals surface area contributed by atoms with E-state index in [1.54, 1.807) is 6.19 Å². The second-order valence-corrected chi connectivity index (χ2v) is 8.50. The first-order valence-electron chi connectivity index (χ1n) is 8.99. The van der Waals surface area contributed by atoms with E-state index in [4.69, 9.17) is 5.26 Å². The second-order valence-electron chi connectivity index (χ2n) is 8.50. The molecule has 0 saturated heterocycles. The van der Waals surface area contributed by atoms with Crippen molar-refractivity contribution in [2.75, 3.05) is 0 Å². The topological polar surface area (TPSA) is 110 Å². The number of hydrogen-bond acceptors (Lipinski definition) is 5. The van der Waals surface area contributed by atoms with Gasteiger partial charge in [-0.15, -0.1) is 0 Å². The largest absolute Gasteiger partial charge is 0.393 e. The Morgan fingerprint density at radius 2 is 1.52 bits per heavy atom. The maximum atomic E-state index is 11.5. The molecular formula is C19H34N2O4. The standard InChI is InChI=1S/C19H34N2O4/c1-18(2,11-12-22)9-7-15(23)5-6-16(24)8-10-19(3,4)13-17(25)21-14-20/h12,15-16,23-24H,5-11,13H2,1-4H3,(H,21,25). The van der Waals surface area contributed by atoms with Crippen LogP contribution in [-0.2, 0) is 9.59 Å². The highest BCUT2D eigenvalue weighted by molar-refractivity contribution is 5.77. The Morgan fingerprint density at radius 3 is 1.96 bits per heavy atom. The van der Waals surface area contributed by atoms with Crippen molar-refractivity contribution in [3.63, 3.8) is 0 Å². The zero-order chi connectivity index (χ0) is 19.5. The first-order chi connectivity index (χ1) is 11.5. The van der Waals surface area contributed by atoms with Crippen LogP contribution in [0.2, 0.25) is 0 Å². The van der Waals surface area contributed by atoms with E-state index in [2.05, 4.69) is 5.32 Å². The first-order valence-corrected chi connectivity index (χ1v) is 8.99. The fraction of sp³-hybridized carbons (Fsp3) is 0.842. The molecule has 25 heavy (non-hydrogen) atoms. The van der Waals surface area contributed by atoms with E-state index >= 15 is 0 Å². The van der Waals surface area contributed by atoms with E-state index in [1.807, 2.05) is 27.7 Å². The monoisotopic (exact) mass is 354 g/mol. The smallest absolute Gasteiger partial charge is 0.233 e. The number of aliphatic hydroxyl groups is 2. The zero-order valence-electron chi connectivity index (χ0n) is 16.0. The minimum Gasteiger partial charge on any atom is -0.393 e. The van der Waals surface area contributed by atoms with Crippen LogP contribution in [0.3, 0.4) is 0 Å². The molecule has 2 unspecified atom stereocenters. The average molecular weight is 354 g/mol. The SMILES string of the molecule is CC(C)(CC=O)CCC(O)CCC(O)CCC(C)(C)CC(=O)NC#N. The first kappa shape index (κ1) is 23.5. The Labute approximate surface area is 151 Å². The molecule has 0 aromatic carbocycles. The highest BCUT2D eigenvalue weighted by atomic mass is 16.3. The van der Waals surface area contributed by atoms with Gasteiger partial charge in [0.05, 0.1) is 12.2 Å². The average Bonchev–Trinajstić information content (AvgIpc) is 2.48. The molecule has 0 aliphatic heterocycles. The molecule has 0 aromatic heterocycles. The van der Waals surface area contributed by atoms with Crippen molar-refractivity contribution in [3.05, 3.63) is 0 Å². The summed E-state index contributed by atoms with van der Waals surface area (Å²) in [5.74, 6) is -0.310. The lowest BCUT2D eigenvalue weighted by atomic mass is 9.82. The van der Waals surface area contributed by atoms with E-state index in [0.29, 0.717) is 38.5 Å². The summed E-state index contributed by atoms with van der Waals surface area (Å²) in [4.78, 5) is 22.1. The number of nitrogens with one attached hydrogen (secondary N) is 1. The van der Waals surface area contributed by atoms with Gasteiger partial charge < -0.3 is 15.0 Å². The van der Waals surface area contributed by atoms with Crippen molar-refractivity contribution in [2.45, 2.75) is 91.3 Å². The summed E-state index contributed by atoms with van der Waals surface area (Å²) < 4.78 is 0. The van der Waals surface area contributed by atoms with Crippen molar-refractivity contribution >= 4 is 12.2 Å². The highest BCUT2D eigenvalue weighted by Crippen LogP contribution is 2.29. The molecule has 0 aliphatic carbocycles. The van der Waals surface area contributed by atoms with Crippen LogP contribution >= 0.6 is 0 Å². The summed E-state index contributed by atoms with van der Waals surface area (Å²) in [5, 5.41) is 30.7. The summed E-state index contributed by atoms with van der Waals surface area (Å²) in [6, 6.07) is 0. The van der Waals surface area contributed by atoms with Crippen molar-refractivity contribution in [2.24, 2.45) is 10.8 Å². The summed E-state index contributed by atoms with van der Waals surface area (Å²) >= 11 is 0. The van der Waals surface area contributed by atoms with Gasteiger partial charge in [-0.25, -0.2) is 0 Å². The lowest BCUT2D eigenvalue weighted by Crippen LogP contribution is -2.26. The minimum atomic E-state index is -0.518. The molecule has 0 aliphatic rings. The third-order valence-corrected chi connectivity index (χ3v) is 4.61.